The van der Waals surface area contributed by atoms with Gasteiger partial charge in [-0.15, -0.1) is 5.10 Å². The van der Waals surface area contributed by atoms with Crippen LogP contribution >= 0.6 is 11.8 Å². The zero-order valence-corrected chi connectivity index (χ0v) is 15.8. The fraction of sp³-hybridized carbons (Fsp3) is 0.200. The summed E-state index contributed by atoms with van der Waals surface area (Å²) in [7, 11) is 0. The number of para-hydroxylation sites is 1. The van der Waals surface area contributed by atoms with Crippen LogP contribution in [0.3, 0.4) is 0 Å². The summed E-state index contributed by atoms with van der Waals surface area (Å²) in [6, 6.07) is 15.8. The number of nitrogens with zero attached hydrogens (tertiary/aromatic N) is 4. The van der Waals surface area contributed by atoms with Crippen LogP contribution in [0.15, 0.2) is 58.8 Å². The Kier molecular flexibility index (Phi) is 4.77. The second kappa shape index (κ2) is 7.36. The van der Waals surface area contributed by atoms with E-state index in [1.165, 1.54) is 27.9 Å². The monoisotopic (exact) mass is 376 g/mol. The molecule has 3 aromatic rings. The number of aromatic amines is 1. The molecule has 1 N–H and O–H groups in total. The van der Waals surface area contributed by atoms with Crippen molar-refractivity contribution >= 4 is 29.1 Å². The van der Waals surface area contributed by atoms with Crippen LogP contribution in [0.4, 0.5) is 5.69 Å². The Morgan fingerprint density at radius 2 is 1.96 bits per heavy atom. The predicted molar refractivity (Wildman–Crippen MR) is 106 cm³/mol. The Hall–Kier alpha value is -2.93. The normalized spacial score (nSPS) is 17.1. The number of aromatic nitrogens is 3. The molecule has 0 saturated carbocycles. The maximum absolute atomic E-state index is 12.8. The number of H-pyrrole nitrogens is 1. The number of thioether (sulfide) groups is 1. The first-order valence-corrected chi connectivity index (χ1v) is 9.49. The van der Waals surface area contributed by atoms with Crippen molar-refractivity contribution in [1.29, 1.82) is 0 Å². The van der Waals surface area contributed by atoms with Crippen LogP contribution in [-0.2, 0) is 4.79 Å². The Labute approximate surface area is 161 Å². The lowest BCUT2D eigenvalue weighted by Gasteiger charge is -2.29. The second-order valence-electron chi connectivity index (χ2n) is 6.38. The first-order chi connectivity index (χ1) is 13.1. The molecule has 7 heteroatoms. The van der Waals surface area contributed by atoms with Crippen molar-refractivity contribution < 1.29 is 4.79 Å². The average Bonchev–Trinajstić information content (AvgIpc) is 3.18. The summed E-state index contributed by atoms with van der Waals surface area (Å²) in [5, 5.41) is 13.3. The predicted octanol–water partition coefficient (Wildman–Crippen LogP) is 3.52. The van der Waals surface area contributed by atoms with Gasteiger partial charge in [0.2, 0.25) is 12.2 Å². The van der Waals surface area contributed by atoms with E-state index in [9.17, 15) is 4.79 Å². The fourth-order valence-corrected chi connectivity index (χ4v) is 3.92. The third-order valence-electron chi connectivity index (χ3n) is 4.52. The van der Waals surface area contributed by atoms with Gasteiger partial charge in [0.25, 0.3) is 0 Å². The average molecular weight is 376 g/mol. The van der Waals surface area contributed by atoms with E-state index in [1.807, 2.05) is 30.3 Å². The van der Waals surface area contributed by atoms with Gasteiger partial charge in [-0.1, -0.05) is 42.1 Å². The first kappa shape index (κ1) is 17.5. The number of anilines is 1. The van der Waals surface area contributed by atoms with E-state index in [0.29, 0.717) is 11.6 Å². The van der Waals surface area contributed by atoms with E-state index in [0.717, 1.165) is 17.0 Å². The molecule has 0 aliphatic carbocycles. The van der Waals surface area contributed by atoms with Crippen LogP contribution in [0.25, 0.3) is 0 Å². The zero-order valence-electron chi connectivity index (χ0n) is 15.0. The SMILES string of the molecule is Cc1ccc(C2=NN(c3ccccc3)C(=O)CC2Sc2n[c]n[nH]2)cc1C. The highest BCUT2D eigenvalue weighted by atomic mass is 32.2. The topological polar surface area (TPSA) is 74.2 Å². The lowest BCUT2D eigenvalue weighted by molar-refractivity contribution is -0.118. The van der Waals surface area contributed by atoms with Crippen molar-refractivity contribution in [2.45, 2.75) is 30.7 Å². The van der Waals surface area contributed by atoms with E-state index >= 15 is 0 Å². The Balaban J connectivity index is 1.77. The number of benzene rings is 2. The van der Waals surface area contributed by atoms with Gasteiger partial charge >= 0.3 is 0 Å². The fourth-order valence-electron chi connectivity index (χ4n) is 2.94. The lowest BCUT2D eigenvalue weighted by Crippen LogP contribution is -2.39. The van der Waals surface area contributed by atoms with Gasteiger partial charge in [-0.3, -0.25) is 9.89 Å². The maximum atomic E-state index is 12.8. The molecule has 1 radical (unpaired) electrons. The van der Waals surface area contributed by atoms with E-state index in [-0.39, 0.29) is 11.2 Å². The molecule has 1 aliphatic rings. The minimum Gasteiger partial charge on any atom is -0.272 e. The number of aryl methyl sites for hydroxylation is 2. The van der Waals surface area contributed by atoms with E-state index in [1.54, 1.807) is 0 Å². The van der Waals surface area contributed by atoms with Gasteiger partial charge in [-0.25, -0.2) is 5.01 Å². The van der Waals surface area contributed by atoms with Gasteiger partial charge < -0.3 is 0 Å². The summed E-state index contributed by atoms with van der Waals surface area (Å²) >= 11 is 1.45. The summed E-state index contributed by atoms with van der Waals surface area (Å²) in [4.78, 5) is 16.8. The van der Waals surface area contributed by atoms with E-state index in [2.05, 4.69) is 53.6 Å². The Morgan fingerprint density at radius 1 is 1.15 bits per heavy atom. The Morgan fingerprint density at radius 3 is 2.67 bits per heavy atom. The molecule has 27 heavy (non-hydrogen) atoms. The molecule has 1 atom stereocenters. The number of hydrogen-bond acceptors (Lipinski definition) is 5. The molecular weight excluding hydrogens is 358 g/mol. The summed E-state index contributed by atoms with van der Waals surface area (Å²) in [6.45, 7) is 4.16. The summed E-state index contributed by atoms with van der Waals surface area (Å²) < 4.78 is 0. The largest absolute Gasteiger partial charge is 0.272 e. The Bertz CT molecular complexity index is 985. The number of hydrogen-bond donors (Lipinski definition) is 1. The van der Waals surface area contributed by atoms with Gasteiger partial charge in [-0.2, -0.15) is 10.1 Å². The number of hydrazone groups is 1. The summed E-state index contributed by atoms with van der Waals surface area (Å²) in [5.74, 6) is -0.0465. The first-order valence-electron chi connectivity index (χ1n) is 8.61. The van der Waals surface area contributed by atoms with Crippen LogP contribution in [0.1, 0.15) is 23.1 Å². The molecule has 2 aromatic carbocycles. The number of carbonyl (C=O) groups excluding carboxylic acids is 1. The lowest BCUT2D eigenvalue weighted by atomic mass is 9.99. The minimum absolute atomic E-state index is 0.0465. The maximum Gasteiger partial charge on any atom is 0.248 e. The molecule has 0 saturated heterocycles. The van der Waals surface area contributed by atoms with E-state index in [4.69, 9.17) is 5.10 Å². The third kappa shape index (κ3) is 3.64. The molecular formula is C20H18N5OS. The van der Waals surface area contributed by atoms with Crippen molar-refractivity contribution in [2.75, 3.05) is 5.01 Å². The van der Waals surface area contributed by atoms with Crippen molar-refractivity contribution in [1.82, 2.24) is 15.2 Å². The van der Waals surface area contributed by atoms with Gasteiger partial charge in [0.15, 0.2) is 5.16 Å². The standard InChI is InChI=1S/C20H18N5OS/c1-13-8-9-15(10-14(13)2)19-17(27-20-21-12-22-23-20)11-18(26)25(24-19)16-6-4-3-5-7-16/h3-10,17H,11H2,1-2H3,(H,21,22,23). The molecule has 1 aromatic heterocycles. The van der Waals surface area contributed by atoms with Crippen molar-refractivity contribution in [3.63, 3.8) is 0 Å². The van der Waals surface area contributed by atoms with E-state index < -0.39 is 0 Å². The zero-order chi connectivity index (χ0) is 18.8. The molecule has 0 bridgehead atoms. The van der Waals surface area contributed by atoms with Crippen molar-refractivity contribution in [2.24, 2.45) is 5.10 Å². The van der Waals surface area contributed by atoms with Crippen LogP contribution in [-0.4, -0.2) is 32.1 Å². The van der Waals surface area contributed by atoms with Crippen LogP contribution in [0, 0.1) is 20.2 Å². The molecule has 4 rings (SSSR count). The number of rotatable bonds is 4. The van der Waals surface area contributed by atoms with Crippen LogP contribution < -0.4 is 5.01 Å². The number of amides is 1. The molecule has 6 nitrogen and oxygen atoms in total. The minimum atomic E-state index is -0.152. The molecule has 1 unspecified atom stereocenters. The smallest absolute Gasteiger partial charge is 0.248 e. The number of nitrogens with one attached hydrogen (secondary N) is 1. The van der Waals surface area contributed by atoms with Gasteiger partial charge in [0, 0.05) is 6.42 Å². The molecule has 0 fully saturated rings. The summed E-state index contributed by atoms with van der Waals surface area (Å²) in [6.07, 6.45) is 2.85. The molecule has 1 amide bonds. The van der Waals surface area contributed by atoms with Gasteiger partial charge in [0.05, 0.1) is 16.6 Å². The highest BCUT2D eigenvalue weighted by Gasteiger charge is 2.32. The van der Waals surface area contributed by atoms with Crippen LogP contribution in [0.2, 0.25) is 0 Å². The van der Waals surface area contributed by atoms with Gasteiger partial charge in [-0.05, 0) is 48.7 Å². The quantitative estimate of drug-likeness (QED) is 0.756. The molecule has 2 heterocycles. The van der Waals surface area contributed by atoms with Gasteiger partial charge in [0.1, 0.15) is 0 Å². The molecule has 135 valence electrons. The van der Waals surface area contributed by atoms with Crippen LogP contribution in [0.5, 0.6) is 0 Å². The third-order valence-corrected chi connectivity index (χ3v) is 5.60. The number of carbonyl (C=O) groups is 1. The second-order valence-corrected chi connectivity index (χ2v) is 7.57. The highest BCUT2D eigenvalue weighted by molar-refractivity contribution is 8.00. The highest BCUT2D eigenvalue weighted by Crippen LogP contribution is 2.32. The summed E-state index contributed by atoms with van der Waals surface area (Å²) in [5.41, 5.74) is 5.03. The van der Waals surface area contributed by atoms with Crippen molar-refractivity contribution in [3.8, 4) is 0 Å². The van der Waals surface area contributed by atoms with Crippen molar-refractivity contribution in [3.05, 3.63) is 71.5 Å². The molecule has 0 spiro atoms. The molecule has 1 aliphatic heterocycles.